The smallest absolute Gasteiger partial charge is 0.264 e. The Kier molecular flexibility index (Phi) is 7.29. The number of halogens is 1. The summed E-state index contributed by atoms with van der Waals surface area (Å²) in [5.74, 6) is -1.07. The number of hydrogen-bond donors (Lipinski definition) is 2. The molecule has 0 spiro atoms. The van der Waals surface area contributed by atoms with E-state index in [1.54, 1.807) is 29.2 Å². The van der Waals surface area contributed by atoms with Crippen LogP contribution in [0, 0.1) is 0 Å². The molecule has 0 aromatic heterocycles. The van der Waals surface area contributed by atoms with Gasteiger partial charge in [-0.25, -0.2) is 13.1 Å². The van der Waals surface area contributed by atoms with E-state index in [0.29, 0.717) is 23.6 Å². The molecular weight excluding hydrogens is 442 g/mol. The Labute approximate surface area is 185 Å². The molecule has 8 nitrogen and oxygen atoms in total. The minimum Gasteiger partial charge on any atom is -0.352 e. The SMILES string of the molecule is O=C(CCNC(=O)c1ccc(N2CCCCC2=O)cc1)NS(=O)(=O)c1ccc(Cl)cc1. The third-order valence-corrected chi connectivity index (χ3v) is 6.42. The number of amides is 3. The van der Waals surface area contributed by atoms with Gasteiger partial charge in [0.2, 0.25) is 11.8 Å². The van der Waals surface area contributed by atoms with Gasteiger partial charge in [-0.3, -0.25) is 14.4 Å². The highest BCUT2D eigenvalue weighted by Crippen LogP contribution is 2.21. The third kappa shape index (κ3) is 6.05. The molecule has 10 heteroatoms. The lowest BCUT2D eigenvalue weighted by Gasteiger charge is -2.26. The molecule has 3 rings (SSSR count). The highest BCUT2D eigenvalue weighted by atomic mass is 35.5. The number of carbonyl (C=O) groups is 3. The van der Waals surface area contributed by atoms with E-state index in [1.165, 1.54) is 24.3 Å². The van der Waals surface area contributed by atoms with Gasteiger partial charge in [0.15, 0.2) is 0 Å². The summed E-state index contributed by atoms with van der Waals surface area (Å²) in [6, 6.07) is 12.0. The second-order valence-corrected chi connectivity index (χ2v) is 9.16. The van der Waals surface area contributed by atoms with Crippen molar-refractivity contribution in [1.82, 2.24) is 10.0 Å². The van der Waals surface area contributed by atoms with Crippen LogP contribution in [0.5, 0.6) is 0 Å². The number of hydrogen-bond acceptors (Lipinski definition) is 5. The van der Waals surface area contributed by atoms with E-state index in [4.69, 9.17) is 11.6 Å². The monoisotopic (exact) mass is 463 g/mol. The van der Waals surface area contributed by atoms with Gasteiger partial charge in [-0.05, 0) is 61.4 Å². The van der Waals surface area contributed by atoms with Gasteiger partial charge in [-0.15, -0.1) is 0 Å². The Bertz CT molecular complexity index is 1070. The molecule has 31 heavy (non-hydrogen) atoms. The zero-order chi connectivity index (χ0) is 22.4. The Hall–Kier alpha value is -2.91. The van der Waals surface area contributed by atoms with E-state index in [0.717, 1.165) is 18.5 Å². The maximum atomic E-state index is 12.3. The normalized spacial score (nSPS) is 14.2. The predicted octanol–water partition coefficient (Wildman–Crippen LogP) is 2.48. The van der Waals surface area contributed by atoms with Gasteiger partial charge in [0.1, 0.15) is 0 Å². The number of sulfonamides is 1. The summed E-state index contributed by atoms with van der Waals surface area (Å²) in [6.45, 7) is 0.631. The fourth-order valence-electron chi connectivity index (χ4n) is 3.14. The van der Waals surface area contributed by atoms with Crippen molar-refractivity contribution in [2.45, 2.75) is 30.6 Å². The molecule has 2 aromatic rings. The molecule has 1 aliphatic rings. The summed E-state index contributed by atoms with van der Waals surface area (Å²) < 4.78 is 26.3. The van der Waals surface area contributed by atoms with E-state index >= 15 is 0 Å². The zero-order valence-electron chi connectivity index (χ0n) is 16.6. The first-order chi connectivity index (χ1) is 14.8. The summed E-state index contributed by atoms with van der Waals surface area (Å²) in [4.78, 5) is 37.8. The van der Waals surface area contributed by atoms with Gasteiger partial charge in [-0.2, -0.15) is 0 Å². The van der Waals surface area contributed by atoms with Crippen molar-refractivity contribution >= 4 is 45.0 Å². The molecule has 0 unspecified atom stereocenters. The molecule has 0 aliphatic carbocycles. The van der Waals surface area contributed by atoms with E-state index in [9.17, 15) is 22.8 Å². The van der Waals surface area contributed by atoms with Crippen molar-refractivity contribution in [1.29, 1.82) is 0 Å². The van der Waals surface area contributed by atoms with Crippen molar-refractivity contribution in [3.05, 3.63) is 59.1 Å². The summed E-state index contributed by atoms with van der Waals surface area (Å²) in [5, 5.41) is 2.96. The lowest BCUT2D eigenvalue weighted by Crippen LogP contribution is -2.35. The van der Waals surface area contributed by atoms with E-state index in [1.807, 2.05) is 4.72 Å². The van der Waals surface area contributed by atoms with E-state index in [-0.39, 0.29) is 23.8 Å². The minimum atomic E-state index is -4.00. The van der Waals surface area contributed by atoms with Crippen LogP contribution in [-0.4, -0.2) is 39.2 Å². The molecule has 1 heterocycles. The number of carbonyl (C=O) groups excluding carboxylic acids is 3. The number of anilines is 1. The molecule has 2 N–H and O–H groups in total. The summed E-state index contributed by atoms with van der Waals surface area (Å²) >= 11 is 5.73. The van der Waals surface area contributed by atoms with E-state index in [2.05, 4.69) is 5.32 Å². The first kappa shape index (κ1) is 22.8. The molecule has 0 bridgehead atoms. The van der Waals surface area contributed by atoms with Crippen LogP contribution in [0.25, 0.3) is 0 Å². The van der Waals surface area contributed by atoms with Gasteiger partial charge in [-0.1, -0.05) is 11.6 Å². The standard InChI is InChI=1S/C21H22ClN3O5S/c22-16-6-10-18(11-7-16)31(29,30)24-19(26)12-13-23-21(28)15-4-8-17(9-5-15)25-14-2-1-3-20(25)27/h4-11H,1-3,12-14H2,(H,23,28)(H,24,26). The van der Waals surface area contributed by atoms with Crippen molar-refractivity contribution in [3.8, 4) is 0 Å². The van der Waals surface area contributed by atoms with Crippen molar-refractivity contribution in [2.24, 2.45) is 0 Å². The average molecular weight is 464 g/mol. The zero-order valence-corrected chi connectivity index (χ0v) is 18.2. The minimum absolute atomic E-state index is 0.0346. The van der Waals surface area contributed by atoms with Crippen LogP contribution in [0.4, 0.5) is 5.69 Å². The van der Waals surface area contributed by atoms with Crippen molar-refractivity contribution < 1.29 is 22.8 Å². The predicted molar refractivity (Wildman–Crippen MR) is 116 cm³/mol. The lowest BCUT2D eigenvalue weighted by atomic mass is 10.1. The fraction of sp³-hybridized carbons (Fsp3) is 0.286. The Balaban J connectivity index is 1.48. The number of rotatable bonds is 7. The van der Waals surface area contributed by atoms with Gasteiger partial charge >= 0.3 is 0 Å². The van der Waals surface area contributed by atoms with Gasteiger partial charge in [0.25, 0.3) is 15.9 Å². The van der Waals surface area contributed by atoms with Crippen LogP contribution in [0.1, 0.15) is 36.0 Å². The molecule has 3 amide bonds. The van der Waals surface area contributed by atoms with Crippen LogP contribution in [0.2, 0.25) is 5.02 Å². The Morgan fingerprint density at radius 2 is 1.68 bits per heavy atom. The molecule has 0 saturated carbocycles. The molecule has 0 atom stereocenters. The number of nitrogens with zero attached hydrogens (tertiary/aromatic N) is 1. The molecule has 1 saturated heterocycles. The molecular formula is C21H22ClN3O5S. The number of nitrogens with one attached hydrogen (secondary N) is 2. The van der Waals surface area contributed by atoms with Crippen LogP contribution in [0.3, 0.4) is 0 Å². The number of benzene rings is 2. The maximum absolute atomic E-state index is 12.3. The quantitative estimate of drug-likeness (QED) is 0.655. The summed E-state index contributed by atoms with van der Waals surface area (Å²) in [5.41, 5.74) is 1.12. The molecule has 1 aliphatic heterocycles. The highest BCUT2D eigenvalue weighted by Gasteiger charge is 2.20. The topological polar surface area (TPSA) is 113 Å². The van der Waals surface area contributed by atoms with Gasteiger partial charge < -0.3 is 10.2 Å². The molecule has 2 aromatic carbocycles. The van der Waals surface area contributed by atoms with Crippen molar-refractivity contribution in [2.75, 3.05) is 18.0 Å². The average Bonchev–Trinajstić information content (AvgIpc) is 2.74. The molecule has 0 radical (unpaired) electrons. The number of piperidine rings is 1. The molecule has 1 fully saturated rings. The Morgan fingerprint density at radius 1 is 1.00 bits per heavy atom. The summed E-state index contributed by atoms with van der Waals surface area (Å²) in [7, 11) is -4.00. The third-order valence-electron chi connectivity index (χ3n) is 4.77. The molecule has 164 valence electrons. The highest BCUT2D eigenvalue weighted by molar-refractivity contribution is 7.90. The fourth-order valence-corrected chi connectivity index (χ4v) is 4.28. The van der Waals surface area contributed by atoms with Crippen molar-refractivity contribution in [3.63, 3.8) is 0 Å². The second kappa shape index (κ2) is 9.93. The van der Waals surface area contributed by atoms with Gasteiger partial charge in [0.05, 0.1) is 4.90 Å². The first-order valence-corrected chi connectivity index (χ1v) is 11.6. The van der Waals surface area contributed by atoms with Gasteiger partial charge in [0, 0.05) is 42.2 Å². The largest absolute Gasteiger partial charge is 0.352 e. The summed E-state index contributed by atoms with van der Waals surface area (Å²) in [6.07, 6.45) is 2.16. The Morgan fingerprint density at radius 3 is 2.32 bits per heavy atom. The lowest BCUT2D eigenvalue weighted by molar-refractivity contribution is -0.120. The van der Waals surface area contributed by atoms with Crippen LogP contribution in [-0.2, 0) is 19.6 Å². The van der Waals surface area contributed by atoms with E-state index < -0.39 is 21.8 Å². The van der Waals surface area contributed by atoms with Crippen LogP contribution >= 0.6 is 11.6 Å². The van der Waals surface area contributed by atoms with Crippen LogP contribution < -0.4 is 14.9 Å². The first-order valence-electron chi connectivity index (χ1n) is 9.76. The maximum Gasteiger partial charge on any atom is 0.264 e. The second-order valence-electron chi connectivity index (χ2n) is 7.04. The van der Waals surface area contributed by atoms with Crippen LogP contribution in [0.15, 0.2) is 53.4 Å².